The van der Waals surface area contributed by atoms with Crippen LogP contribution in [0.3, 0.4) is 0 Å². The maximum absolute atomic E-state index is 10.7. The summed E-state index contributed by atoms with van der Waals surface area (Å²) in [5.41, 5.74) is 5.94. The lowest BCUT2D eigenvalue weighted by atomic mass is 10.0. The van der Waals surface area contributed by atoms with Gasteiger partial charge in [0.2, 0.25) is 0 Å². The van der Waals surface area contributed by atoms with Crippen LogP contribution in [0.25, 0.3) is 5.57 Å². The third-order valence-corrected chi connectivity index (χ3v) is 2.81. The zero-order valence-electron chi connectivity index (χ0n) is 7.92. The molecular weight excluding hydrogens is 160 g/mol. The lowest BCUT2D eigenvalue weighted by molar-refractivity contribution is -0.104. The number of aldehydes is 1. The molecule has 0 atom stereocenters. The molecule has 0 radical (unpaired) electrons. The number of carbonyl (C=O) groups is 1. The van der Waals surface area contributed by atoms with Crippen LogP contribution in [0.1, 0.15) is 23.6 Å². The van der Waals surface area contributed by atoms with Crippen LogP contribution < -0.4 is 0 Å². The van der Waals surface area contributed by atoms with E-state index in [2.05, 4.69) is 19.1 Å². The number of allylic oxidation sites excluding steroid dienone is 2. The Morgan fingerprint density at radius 2 is 2.08 bits per heavy atom. The minimum Gasteiger partial charge on any atom is -0.298 e. The second-order valence-electron chi connectivity index (χ2n) is 3.55. The molecule has 66 valence electrons. The summed E-state index contributed by atoms with van der Waals surface area (Å²) in [5.74, 6) is 0. The fraction of sp³-hybridized carbons (Fsp3) is 0.250. The molecule has 0 heterocycles. The van der Waals surface area contributed by atoms with E-state index in [9.17, 15) is 4.79 Å². The van der Waals surface area contributed by atoms with Gasteiger partial charge in [0.25, 0.3) is 0 Å². The molecule has 0 aliphatic heterocycles. The Morgan fingerprint density at radius 3 is 2.69 bits per heavy atom. The van der Waals surface area contributed by atoms with Crippen molar-refractivity contribution >= 4 is 11.9 Å². The molecule has 1 nitrogen and oxygen atoms in total. The predicted octanol–water partition coefficient (Wildman–Crippen LogP) is 2.52. The average molecular weight is 172 g/mol. The number of hydrogen-bond donors (Lipinski definition) is 0. The standard InChI is InChI=1S/C12H12O/c1-8-4-3-5-11-9(2)10(7-13)6-12(8)11/h3-5,7H,6H2,1-2H3. The van der Waals surface area contributed by atoms with Crippen LogP contribution in [0, 0.1) is 6.92 Å². The molecule has 1 aliphatic carbocycles. The van der Waals surface area contributed by atoms with Crippen LogP contribution in [-0.2, 0) is 11.2 Å². The number of rotatable bonds is 1. The van der Waals surface area contributed by atoms with E-state index in [4.69, 9.17) is 0 Å². The Morgan fingerprint density at radius 1 is 1.31 bits per heavy atom. The van der Waals surface area contributed by atoms with Crippen LogP contribution in [0.5, 0.6) is 0 Å². The topological polar surface area (TPSA) is 17.1 Å². The Bertz CT molecular complexity index is 400. The third-order valence-electron chi connectivity index (χ3n) is 2.81. The smallest absolute Gasteiger partial charge is 0.146 e. The van der Waals surface area contributed by atoms with E-state index in [0.29, 0.717) is 0 Å². The first kappa shape index (κ1) is 8.24. The summed E-state index contributed by atoms with van der Waals surface area (Å²) >= 11 is 0. The highest BCUT2D eigenvalue weighted by Gasteiger charge is 2.18. The number of carbonyl (C=O) groups excluding carboxylic acids is 1. The van der Waals surface area contributed by atoms with Crippen molar-refractivity contribution in [3.63, 3.8) is 0 Å². The Kier molecular flexibility index (Phi) is 1.80. The summed E-state index contributed by atoms with van der Waals surface area (Å²) in [7, 11) is 0. The molecule has 0 bridgehead atoms. The number of hydrogen-bond acceptors (Lipinski definition) is 1. The summed E-state index contributed by atoms with van der Waals surface area (Å²) in [5, 5.41) is 0. The van der Waals surface area contributed by atoms with Gasteiger partial charge in [-0.05, 0) is 41.7 Å². The summed E-state index contributed by atoms with van der Waals surface area (Å²) in [6.07, 6.45) is 1.80. The van der Waals surface area contributed by atoms with Gasteiger partial charge >= 0.3 is 0 Å². The molecule has 0 saturated carbocycles. The Labute approximate surface area is 78.1 Å². The van der Waals surface area contributed by atoms with Crippen LogP contribution in [0.2, 0.25) is 0 Å². The van der Waals surface area contributed by atoms with Gasteiger partial charge in [0.1, 0.15) is 6.29 Å². The van der Waals surface area contributed by atoms with E-state index in [-0.39, 0.29) is 0 Å². The van der Waals surface area contributed by atoms with Gasteiger partial charge in [0.05, 0.1) is 0 Å². The number of fused-ring (bicyclic) bond motifs is 1. The zero-order chi connectivity index (χ0) is 9.42. The fourth-order valence-electron chi connectivity index (χ4n) is 1.91. The molecule has 2 rings (SSSR count). The molecule has 13 heavy (non-hydrogen) atoms. The second-order valence-corrected chi connectivity index (χ2v) is 3.55. The molecule has 0 spiro atoms. The molecule has 1 aromatic rings. The van der Waals surface area contributed by atoms with Crippen LogP contribution in [0.4, 0.5) is 0 Å². The van der Waals surface area contributed by atoms with Gasteiger partial charge in [-0.25, -0.2) is 0 Å². The molecule has 1 heteroatoms. The molecule has 0 unspecified atom stereocenters. The lowest BCUT2D eigenvalue weighted by Crippen LogP contribution is -1.88. The molecule has 0 amide bonds. The molecule has 0 N–H and O–H groups in total. The fourth-order valence-corrected chi connectivity index (χ4v) is 1.91. The van der Waals surface area contributed by atoms with E-state index < -0.39 is 0 Å². The van der Waals surface area contributed by atoms with Crippen molar-refractivity contribution in [2.24, 2.45) is 0 Å². The van der Waals surface area contributed by atoms with Gasteiger partial charge in [0.15, 0.2) is 0 Å². The van der Waals surface area contributed by atoms with Crippen molar-refractivity contribution in [2.75, 3.05) is 0 Å². The quantitative estimate of drug-likeness (QED) is 0.595. The van der Waals surface area contributed by atoms with Crippen LogP contribution >= 0.6 is 0 Å². The molecule has 1 aliphatic rings. The van der Waals surface area contributed by atoms with Crippen molar-refractivity contribution in [3.05, 3.63) is 40.5 Å². The molecule has 0 aromatic heterocycles. The predicted molar refractivity (Wildman–Crippen MR) is 53.5 cm³/mol. The summed E-state index contributed by atoms with van der Waals surface area (Å²) in [6.45, 7) is 4.12. The maximum atomic E-state index is 10.7. The maximum Gasteiger partial charge on any atom is 0.146 e. The Balaban J connectivity index is 2.61. The summed E-state index contributed by atoms with van der Waals surface area (Å²) in [6, 6.07) is 6.24. The molecular formula is C12H12O. The van der Waals surface area contributed by atoms with Crippen molar-refractivity contribution < 1.29 is 4.79 Å². The van der Waals surface area contributed by atoms with Crippen molar-refractivity contribution in [1.82, 2.24) is 0 Å². The largest absolute Gasteiger partial charge is 0.298 e. The minimum absolute atomic E-state index is 0.817. The Hall–Kier alpha value is -1.37. The van der Waals surface area contributed by atoms with Crippen molar-refractivity contribution in [1.29, 1.82) is 0 Å². The van der Waals surface area contributed by atoms with Gasteiger partial charge in [0, 0.05) is 6.42 Å². The molecule has 0 fully saturated rings. The van der Waals surface area contributed by atoms with E-state index in [0.717, 1.165) is 23.9 Å². The van der Waals surface area contributed by atoms with Gasteiger partial charge < -0.3 is 0 Å². The van der Waals surface area contributed by atoms with Crippen LogP contribution in [-0.4, -0.2) is 6.29 Å². The molecule has 1 aromatic carbocycles. The number of benzene rings is 1. The second kappa shape index (κ2) is 2.84. The van der Waals surface area contributed by atoms with Crippen LogP contribution in [0.15, 0.2) is 23.8 Å². The third kappa shape index (κ3) is 1.12. The highest BCUT2D eigenvalue weighted by Crippen LogP contribution is 2.32. The SMILES string of the molecule is CC1=C(C=O)Cc2c(C)cccc21. The highest BCUT2D eigenvalue weighted by atomic mass is 16.1. The van der Waals surface area contributed by atoms with Gasteiger partial charge in [-0.15, -0.1) is 0 Å². The van der Waals surface area contributed by atoms with E-state index in [1.165, 1.54) is 16.7 Å². The van der Waals surface area contributed by atoms with Gasteiger partial charge in [-0.3, -0.25) is 4.79 Å². The highest BCUT2D eigenvalue weighted by molar-refractivity contribution is 5.92. The van der Waals surface area contributed by atoms with E-state index >= 15 is 0 Å². The van der Waals surface area contributed by atoms with Crippen molar-refractivity contribution in [3.8, 4) is 0 Å². The average Bonchev–Trinajstić information content (AvgIpc) is 2.45. The first-order valence-electron chi connectivity index (χ1n) is 4.48. The minimum atomic E-state index is 0.817. The van der Waals surface area contributed by atoms with E-state index in [1.54, 1.807) is 0 Å². The zero-order valence-corrected chi connectivity index (χ0v) is 7.92. The summed E-state index contributed by atoms with van der Waals surface area (Å²) in [4.78, 5) is 10.7. The molecule has 0 saturated heterocycles. The van der Waals surface area contributed by atoms with Gasteiger partial charge in [-0.1, -0.05) is 18.2 Å². The van der Waals surface area contributed by atoms with Gasteiger partial charge in [-0.2, -0.15) is 0 Å². The first-order valence-corrected chi connectivity index (χ1v) is 4.48. The monoisotopic (exact) mass is 172 g/mol. The van der Waals surface area contributed by atoms with E-state index in [1.807, 2.05) is 13.0 Å². The van der Waals surface area contributed by atoms with Crippen molar-refractivity contribution in [2.45, 2.75) is 20.3 Å². The number of aryl methyl sites for hydroxylation is 1. The normalized spacial score (nSPS) is 14.6. The lowest BCUT2D eigenvalue weighted by Gasteiger charge is -2.03. The summed E-state index contributed by atoms with van der Waals surface area (Å²) < 4.78 is 0. The first-order chi connectivity index (χ1) is 6.24.